The van der Waals surface area contributed by atoms with Gasteiger partial charge in [0.1, 0.15) is 17.2 Å². The summed E-state index contributed by atoms with van der Waals surface area (Å²) in [6.45, 7) is 1.89. The molecule has 1 saturated heterocycles. The summed E-state index contributed by atoms with van der Waals surface area (Å²) in [5.41, 5.74) is 1.98. The van der Waals surface area contributed by atoms with E-state index in [1.54, 1.807) is 42.2 Å². The zero-order valence-corrected chi connectivity index (χ0v) is 18.4. The Hall–Kier alpha value is -3.00. The van der Waals surface area contributed by atoms with Crippen LogP contribution in [-0.4, -0.2) is 67.0 Å². The van der Waals surface area contributed by atoms with Crippen LogP contribution in [0.3, 0.4) is 0 Å². The number of fused-ring (bicyclic) bond motifs is 1. The van der Waals surface area contributed by atoms with Crippen LogP contribution in [0.4, 0.5) is 0 Å². The first-order valence-corrected chi connectivity index (χ1v) is 10.4. The average molecular weight is 472 g/mol. The Morgan fingerprint density at radius 1 is 0.867 bits per heavy atom. The first-order chi connectivity index (χ1) is 14.5. The number of nitrogens with one attached hydrogen (secondary N) is 1. The Balaban J connectivity index is 1.44. The van der Waals surface area contributed by atoms with Gasteiger partial charge in [-0.25, -0.2) is 0 Å². The summed E-state index contributed by atoms with van der Waals surface area (Å²) in [5.74, 6) is 0.973. The number of piperazine rings is 1. The van der Waals surface area contributed by atoms with Gasteiger partial charge in [-0.1, -0.05) is 15.9 Å². The third-order valence-electron chi connectivity index (χ3n) is 5.27. The van der Waals surface area contributed by atoms with Crippen molar-refractivity contribution in [2.45, 2.75) is 0 Å². The number of H-pyrrole nitrogens is 1. The van der Waals surface area contributed by atoms with Crippen LogP contribution in [0.2, 0.25) is 0 Å². The fourth-order valence-electron chi connectivity index (χ4n) is 3.62. The highest BCUT2D eigenvalue weighted by Crippen LogP contribution is 2.24. The Morgan fingerprint density at radius 3 is 2.07 bits per heavy atom. The minimum absolute atomic E-state index is 0.0579. The van der Waals surface area contributed by atoms with Crippen molar-refractivity contribution in [1.29, 1.82) is 0 Å². The molecule has 4 rings (SSSR count). The highest BCUT2D eigenvalue weighted by molar-refractivity contribution is 9.10. The predicted molar refractivity (Wildman–Crippen MR) is 117 cm³/mol. The summed E-state index contributed by atoms with van der Waals surface area (Å²) >= 11 is 3.45. The molecule has 1 aliphatic rings. The van der Waals surface area contributed by atoms with Gasteiger partial charge in [0.25, 0.3) is 11.8 Å². The van der Waals surface area contributed by atoms with Crippen molar-refractivity contribution >= 4 is 38.6 Å². The van der Waals surface area contributed by atoms with Crippen LogP contribution < -0.4 is 9.47 Å². The maximum Gasteiger partial charge on any atom is 0.270 e. The molecule has 2 amide bonds. The number of hydrogen-bond acceptors (Lipinski definition) is 4. The Bertz CT molecular complexity index is 1080. The van der Waals surface area contributed by atoms with E-state index >= 15 is 0 Å². The SMILES string of the molecule is COc1cc(OC)cc(C(=O)N2CCN(C(=O)c3cc4cc(Br)ccc4[nH]3)CC2)c1. The third-order valence-corrected chi connectivity index (χ3v) is 5.76. The van der Waals surface area contributed by atoms with Gasteiger partial charge < -0.3 is 24.3 Å². The number of aromatic nitrogens is 1. The quantitative estimate of drug-likeness (QED) is 0.631. The van der Waals surface area contributed by atoms with Gasteiger partial charge in [0.05, 0.1) is 14.2 Å². The van der Waals surface area contributed by atoms with Gasteiger partial charge in [0.2, 0.25) is 0 Å². The van der Waals surface area contributed by atoms with Crippen LogP contribution >= 0.6 is 15.9 Å². The number of benzene rings is 2. The average Bonchev–Trinajstić information content (AvgIpc) is 3.21. The molecule has 1 N–H and O–H groups in total. The lowest BCUT2D eigenvalue weighted by Crippen LogP contribution is -2.50. The van der Waals surface area contributed by atoms with E-state index in [1.165, 1.54) is 0 Å². The van der Waals surface area contributed by atoms with Gasteiger partial charge in [0, 0.05) is 53.2 Å². The number of nitrogens with zero attached hydrogens (tertiary/aromatic N) is 2. The second kappa shape index (κ2) is 8.39. The number of aromatic amines is 1. The maximum atomic E-state index is 12.9. The fourth-order valence-corrected chi connectivity index (χ4v) is 3.99. The van der Waals surface area contributed by atoms with Gasteiger partial charge in [0.15, 0.2) is 0 Å². The molecule has 8 heteroatoms. The normalized spacial score (nSPS) is 14.1. The largest absolute Gasteiger partial charge is 0.497 e. The monoisotopic (exact) mass is 471 g/mol. The van der Waals surface area contributed by atoms with Gasteiger partial charge in [-0.05, 0) is 36.4 Å². The number of carbonyl (C=O) groups excluding carboxylic acids is 2. The first kappa shape index (κ1) is 20.3. The highest BCUT2D eigenvalue weighted by Gasteiger charge is 2.27. The zero-order valence-electron chi connectivity index (χ0n) is 16.8. The molecule has 0 unspecified atom stereocenters. The van der Waals surface area contributed by atoms with Crippen molar-refractivity contribution in [3.05, 3.63) is 58.2 Å². The molecule has 2 aromatic carbocycles. The molecule has 30 heavy (non-hydrogen) atoms. The molecule has 156 valence electrons. The molecule has 1 aromatic heterocycles. The summed E-state index contributed by atoms with van der Waals surface area (Å²) < 4.78 is 11.5. The van der Waals surface area contributed by atoms with Gasteiger partial charge >= 0.3 is 0 Å². The van der Waals surface area contributed by atoms with Crippen LogP contribution in [0.1, 0.15) is 20.8 Å². The number of methoxy groups -OCH3 is 2. The van der Waals surface area contributed by atoms with Crippen molar-refractivity contribution in [3.8, 4) is 11.5 Å². The van der Waals surface area contributed by atoms with Crippen LogP contribution in [0.15, 0.2) is 46.9 Å². The number of hydrogen-bond donors (Lipinski definition) is 1. The molecule has 0 bridgehead atoms. The number of rotatable bonds is 4. The van der Waals surface area contributed by atoms with Crippen molar-refractivity contribution in [2.75, 3.05) is 40.4 Å². The molecule has 0 aliphatic carbocycles. The summed E-state index contributed by atoms with van der Waals surface area (Å²) in [6.07, 6.45) is 0. The number of carbonyl (C=O) groups is 2. The molecular formula is C22H22BrN3O4. The lowest BCUT2D eigenvalue weighted by molar-refractivity contribution is 0.0532. The summed E-state index contributed by atoms with van der Waals surface area (Å²) in [7, 11) is 3.10. The zero-order chi connectivity index (χ0) is 21.3. The molecule has 0 saturated carbocycles. The van der Waals surface area contributed by atoms with Crippen molar-refractivity contribution < 1.29 is 19.1 Å². The van der Waals surface area contributed by atoms with Crippen LogP contribution in [0.25, 0.3) is 10.9 Å². The topological polar surface area (TPSA) is 74.9 Å². The van der Waals surface area contributed by atoms with Gasteiger partial charge in [-0.3, -0.25) is 9.59 Å². The van der Waals surface area contributed by atoms with Crippen LogP contribution in [-0.2, 0) is 0 Å². The number of ether oxygens (including phenoxy) is 2. The van der Waals surface area contributed by atoms with Gasteiger partial charge in [-0.15, -0.1) is 0 Å². The second-order valence-corrected chi connectivity index (χ2v) is 8.02. The smallest absolute Gasteiger partial charge is 0.270 e. The fraction of sp³-hybridized carbons (Fsp3) is 0.273. The molecule has 1 aliphatic heterocycles. The Kier molecular flexibility index (Phi) is 5.67. The standard InChI is InChI=1S/C22H22BrN3O4/c1-29-17-10-15(11-18(13-17)30-2)21(27)25-5-7-26(8-6-25)22(28)20-12-14-9-16(23)3-4-19(14)24-20/h3-4,9-13,24H,5-8H2,1-2H3. The maximum absolute atomic E-state index is 12.9. The number of halogens is 1. The van der Waals surface area contributed by atoms with Gasteiger partial charge in [-0.2, -0.15) is 0 Å². The van der Waals surface area contributed by atoms with E-state index in [4.69, 9.17) is 9.47 Å². The van der Waals surface area contributed by atoms with E-state index in [0.717, 1.165) is 15.4 Å². The lowest BCUT2D eigenvalue weighted by Gasteiger charge is -2.34. The summed E-state index contributed by atoms with van der Waals surface area (Å²) in [6, 6.07) is 12.8. The minimum Gasteiger partial charge on any atom is -0.497 e. The van der Waals surface area contributed by atoms with Crippen molar-refractivity contribution in [2.24, 2.45) is 0 Å². The van der Waals surface area contributed by atoms with E-state index in [0.29, 0.717) is 48.9 Å². The molecule has 2 heterocycles. The lowest BCUT2D eigenvalue weighted by atomic mass is 10.1. The van der Waals surface area contributed by atoms with Crippen LogP contribution in [0, 0.1) is 0 Å². The van der Waals surface area contributed by atoms with Crippen LogP contribution in [0.5, 0.6) is 11.5 Å². The van der Waals surface area contributed by atoms with E-state index in [1.807, 2.05) is 24.3 Å². The predicted octanol–water partition coefficient (Wildman–Crippen LogP) is 3.55. The molecule has 0 radical (unpaired) electrons. The number of amides is 2. The molecule has 1 fully saturated rings. The second-order valence-electron chi connectivity index (χ2n) is 7.10. The first-order valence-electron chi connectivity index (χ1n) is 9.58. The Labute approximate surface area is 182 Å². The minimum atomic E-state index is -0.102. The van der Waals surface area contributed by atoms with Crippen molar-refractivity contribution in [3.63, 3.8) is 0 Å². The summed E-state index contributed by atoms with van der Waals surface area (Å²) in [5, 5.41) is 0.980. The Morgan fingerprint density at radius 2 is 1.47 bits per heavy atom. The van der Waals surface area contributed by atoms with Crippen molar-refractivity contribution in [1.82, 2.24) is 14.8 Å². The molecule has 3 aromatic rings. The molecule has 7 nitrogen and oxygen atoms in total. The highest BCUT2D eigenvalue weighted by atomic mass is 79.9. The van der Waals surface area contributed by atoms with E-state index < -0.39 is 0 Å². The molecular weight excluding hydrogens is 450 g/mol. The third kappa shape index (κ3) is 4.00. The van der Waals surface area contributed by atoms with E-state index in [9.17, 15) is 9.59 Å². The van der Waals surface area contributed by atoms with E-state index in [-0.39, 0.29) is 11.8 Å². The summed E-state index contributed by atoms with van der Waals surface area (Å²) in [4.78, 5) is 32.6. The molecule has 0 spiro atoms. The van der Waals surface area contributed by atoms with E-state index in [2.05, 4.69) is 20.9 Å². The molecule has 0 atom stereocenters.